The third-order valence-electron chi connectivity index (χ3n) is 5.89. The van der Waals surface area contributed by atoms with Gasteiger partial charge in [0.25, 0.3) is 5.91 Å². The molecule has 1 unspecified atom stereocenters. The number of aryl methyl sites for hydroxylation is 1. The van der Waals surface area contributed by atoms with Crippen LogP contribution < -0.4 is 10.6 Å². The third kappa shape index (κ3) is 5.58. The number of benzene rings is 1. The molecule has 6 heteroatoms. The van der Waals surface area contributed by atoms with E-state index in [1.165, 1.54) is 0 Å². The largest absolute Gasteiger partial charge is 0.354 e. The van der Waals surface area contributed by atoms with Crippen LogP contribution in [0.3, 0.4) is 0 Å². The van der Waals surface area contributed by atoms with E-state index in [2.05, 4.69) is 10.6 Å². The number of nitrogens with one attached hydrogen (secondary N) is 2. The predicted molar refractivity (Wildman–Crippen MR) is 112 cm³/mol. The molecular weight excluding hydrogens is 366 g/mol. The lowest BCUT2D eigenvalue weighted by molar-refractivity contribution is -0.134. The summed E-state index contributed by atoms with van der Waals surface area (Å²) in [6, 6.07) is 6.82. The summed E-state index contributed by atoms with van der Waals surface area (Å²) in [6.45, 7) is 7.88. The van der Waals surface area contributed by atoms with Gasteiger partial charge in [-0.3, -0.25) is 14.4 Å². The minimum atomic E-state index is -0.584. The average molecular weight is 400 g/mol. The molecule has 1 aliphatic carbocycles. The zero-order chi connectivity index (χ0) is 21.0. The molecule has 1 saturated heterocycles. The molecule has 0 spiro atoms. The van der Waals surface area contributed by atoms with Crippen molar-refractivity contribution in [2.24, 2.45) is 17.8 Å². The second-order valence-electron chi connectivity index (χ2n) is 8.84. The van der Waals surface area contributed by atoms with Crippen molar-refractivity contribution in [3.8, 4) is 0 Å². The molecule has 2 aliphatic rings. The van der Waals surface area contributed by atoms with Gasteiger partial charge in [0.05, 0.1) is 0 Å². The van der Waals surface area contributed by atoms with Crippen LogP contribution in [0.25, 0.3) is 0 Å². The van der Waals surface area contributed by atoms with Crippen LogP contribution in [0, 0.1) is 24.7 Å². The maximum atomic E-state index is 12.9. The molecule has 0 bridgehead atoms. The van der Waals surface area contributed by atoms with E-state index in [0.717, 1.165) is 31.2 Å². The van der Waals surface area contributed by atoms with Crippen LogP contribution >= 0.6 is 0 Å². The molecule has 29 heavy (non-hydrogen) atoms. The highest BCUT2D eigenvalue weighted by Gasteiger charge is 2.38. The maximum Gasteiger partial charge on any atom is 0.252 e. The van der Waals surface area contributed by atoms with Crippen LogP contribution in [0.2, 0.25) is 0 Å². The number of nitrogens with zero attached hydrogens (tertiary/aromatic N) is 1. The number of rotatable bonds is 7. The molecular formula is C23H33N3O3. The minimum absolute atomic E-state index is 0.0263. The molecule has 1 aliphatic heterocycles. The average Bonchev–Trinajstić information content (AvgIpc) is 3.55. The van der Waals surface area contributed by atoms with Crippen LogP contribution in [0.5, 0.6) is 0 Å². The summed E-state index contributed by atoms with van der Waals surface area (Å²) in [5.41, 5.74) is 1.48. The molecule has 1 aromatic rings. The van der Waals surface area contributed by atoms with Gasteiger partial charge in [-0.2, -0.15) is 0 Å². The van der Waals surface area contributed by atoms with Crippen LogP contribution in [-0.4, -0.2) is 48.3 Å². The first-order valence-electron chi connectivity index (χ1n) is 10.8. The number of carbonyl (C=O) groups excluding carboxylic acids is 3. The molecule has 3 amide bonds. The standard InChI is InChI=1S/C23H33N3O3/c1-15(2)14-24-22(28)20(25-21(27)19-7-5-4-6-16(19)3)17-10-12-26(13-11-17)23(29)18-8-9-18/h4-7,15,17-18,20H,8-14H2,1-3H3,(H,24,28)(H,25,27). The van der Waals surface area contributed by atoms with Gasteiger partial charge in [0, 0.05) is 31.1 Å². The Labute approximate surface area is 173 Å². The molecule has 1 atom stereocenters. The molecule has 0 radical (unpaired) electrons. The highest BCUT2D eigenvalue weighted by Crippen LogP contribution is 2.33. The van der Waals surface area contributed by atoms with Gasteiger partial charge in [0.2, 0.25) is 11.8 Å². The van der Waals surface area contributed by atoms with Gasteiger partial charge in [-0.05, 0) is 56.1 Å². The van der Waals surface area contributed by atoms with E-state index in [0.29, 0.717) is 31.1 Å². The Morgan fingerprint density at radius 3 is 2.31 bits per heavy atom. The van der Waals surface area contributed by atoms with Crippen molar-refractivity contribution in [1.82, 2.24) is 15.5 Å². The Morgan fingerprint density at radius 2 is 1.72 bits per heavy atom. The Balaban J connectivity index is 1.67. The van der Waals surface area contributed by atoms with Crippen LogP contribution in [-0.2, 0) is 9.59 Å². The van der Waals surface area contributed by atoms with Crippen molar-refractivity contribution in [3.63, 3.8) is 0 Å². The molecule has 0 aromatic heterocycles. The lowest BCUT2D eigenvalue weighted by atomic mass is 9.88. The van der Waals surface area contributed by atoms with E-state index in [-0.39, 0.29) is 29.6 Å². The van der Waals surface area contributed by atoms with Gasteiger partial charge in [0.1, 0.15) is 6.04 Å². The fraction of sp³-hybridized carbons (Fsp3) is 0.609. The number of hydrogen-bond acceptors (Lipinski definition) is 3. The quantitative estimate of drug-likeness (QED) is 0.739. The van der Waals surface area contributed by atoms with E-state index < -0.39 is 6.04 Å². The summed E-state index contributed by atoms with van der Waals surface area (Å²) < 4.78 is 0. The summed E-state index contributed by atoms with van der Waals surface area (Å²) >= 11 is 0. The van der Waals surface area contributed by atoms with E-state index in [1.807, 2.05) is 43.9 Å². The topological polar surface area (TPSA) is 78.5 Å². The summed E-state index contributed by atoms with van der Waals surface area (Å²) in [5, 5.41) is 5.97. The molecule has 1 saturated carbocycles. The fourth-order valence-corrected chi connectivity index (χ4v) is 3.90. The monoisotopic (exact) mass is 399 g/mol. The van der Waals surface area contributed by atoms with Crippen LogP contribution in [0.15, 0.2) is 24.3 Å². The van der Waals surface area contributed by atoms with Gasteiger partial charge in [0.15, 0.2) is 0 Å². The molecule has 3 rings (SSSR count). The third-order valence-corrected chi connectivity index (χ3v) is 5.89. The number of likely N-dealkylation sites (tertiary alicyclic amines) is 1. The molecule has 158 valence electrons. The summed E-state index contributed by atoms with van der Waals surface area (Å²) in [6.07, 6.45) is 3.47. The van der Waals surface area contributed by atoms with E-state index in [4.69, 9.17) is 0 Å². The van der Waals surface area contributed by atoms with Gasteiger partial charge in [-0.25, -0.2) is 0 Å². The Hall–Kier alpha value is -2.37. The van der Waals surface area contributed by atoms with Crippen molar-refractivity contribution in [2.75, 3.05) is 19.6 Å². The Kier molecular flexibility index (Phi) is 6.93. The van der Waals surface area contributed by atoms with Crippen molar-refractivity contribution >= 4 is 17.7 Å². The zero-order valence-electron chi connectivity index (χ0n) is 17.7. The number of piperidine rings is 1. The molecule has 2 N–H and O–H groups in total. The lowest BCUT2D eigenvalue weighted by Crippen LogP contribution is -2.54. The van der Waals surface area contributed by atoms with Gasteiger partial charge in [-0.15, -0.1) is 0 Å². The van der Waals surface area contributed by atoms with Crippen molar-refractivity contribution in [2.45, 2.75) is 52.5 Å². The van der Waals surface area contributed by atoms with E-state index in [1.54, 1.807) is 6.07 Å². The highest BCUT2D eigenvalue weighted by molar-refractivity contribution is 5.98. The van der Waals surface area contributed by atoms with Crippen LogP contribution in [0.4, 0.5) is 0 Å². The zero-order valence-corrected chi connectivity index (χ0v) is 17.7. The first kappa shape index (κ1) is 21.3. The van der Waals surface area contributed by atoms with Crippen LogP contribution in [0.1, 0.15) is 55.5 Å². The number of hydrogen-bond donors (Lipinski definition) is 2. The van der Waals surface area contributed by atoms with Crippen molar-refractivity contribution in [3.05, 3.63) is 35.4 Å². The van der Waals surface area contributed by atoms with Gasteiger partial charge < -0.3 is 15.5 Å². The predicted octanol–water partition coefficient (Wildman–Crippen LogP) is 2.51. The number of amides is 3. The van der Waals surface area contributed by atoms with Crippen molar-refractivity contribution in [1.29, 1.82) is 0 Å². The summed E-state index contributed by atoms with van der Waals surface area (Å²) in [5.74, 6) is 0.491. The molecule has 2 fully saturated rings. The van der Waals surface area contributed by atoms with Gasteiger partial charge in [-0.1, -0.05) is 32.0 Å². The lowest BCUT2D eigenvalue weighted by Gasteiger charge is -2.36. The molecule has 6 nitrogen and oxygen atoms in total. The first-order valence-corrected chi connectivity index (χ1v) is 10.8. The first-order chi connectivity index (χ1) is 13.9. The maximum absolute atomic E-state index is 12.9. The van der Waals surface area contributed by atoms with Gasteiger partial charge >= 0.3 is 0 Å². The smallest absolute Gasteiger partial charge is 0.252 e. The second-order valence-corrected chi connectivity index (χ2v) is 8.84. The SMILES string of the molecule is Cc1ccccc1C(=O)NC(C(=O)NCC(C)C)C1CCN(C(=O)C2CC2)CC1. The summed E-state index contributed by atoms with van der Waals surface area (Å²) in [4.78, 5) is 40.1. The minimum Gasteiger partial charge on any atom is -0.354 e. The van der Waals surface area contributed by atoms with E-state index >= 15 is 0 Å². The Morgan fingerprint density at radius 1 is 1.07 bits per heavy atom. The second kappa shape index (κ2) is 9.42. The normalized spacial score (nSPS) is 18.4. The Bertz CT molecular complexity index is 749. The molecule has 1 aromatic carbocycles. The highest BCUT2D eigenvalue weighted by atomic mass is 16.2. The van der Waals surface area contributed by atoms with Crippen molar-refractivity contribution < 1.29 is 14.4 Å². The fourth-order valence-electron chi connectivity index (χ4n) is 3.90. The molecule has 1 heterocycles. The summed E-state index contributed by atoms with van der Waals surface area (Å²) in [7, 11) is 0. The number of carbonyl (C=O) groups is 3. The van der Waals surface area contributed by atoms with E-state index in [9.17, 15) is 14.4 Å².